The molecule has 0 bridgehead atoms. The minimum absolute atomic E-state index is 0.0344. The Hall–Kier alpha value is -1.88. The third kappa shape index (κ3) is 4.79. The molecule has 5 heteroatoms. The zero-order valence-electron chi connectivity index (χ0n) is 13.1. The molecule has 1 N–H and O–H groups in total. The summed E-state index contributed by atoms with van der Waals surface area (Å²) < 4.78 is 0. The van der Waals surface area contributed by atoms with Crippen LogP contribution in [0.25, 0.3) is 0 Å². The molecule has 0 unspecified atom stereocenters. The van der Waals surface area contributed by atoms with Crippen LogP contribution < -0.4 is 5.32 Å². The van der Waals surface area contributed by atoms with Crippen LogP contribution in [0, 0.1) is 0 Å². The number of carbonyl (C=O) groups excluding carboxylic acids is 1. The fourth-order valence-corrected chi connectivity index (χ4v) is 3.56. The van der Waals surface area contributed by atoms with E-state index in [1.165, 1.54) is 49.4 Å². The van der Waals surface area contributed by atoms with Crippen molar-refractivity contribution >= 4 is 23.4 Å². The molecule has 0 atom stereocenters. The number of rotatable bonds is 5. The monoisotopic (exact) mass is 327 g/mol. The SMILES string of the molecule is O=C(CSc1ncccn1)Nc1ccc(C2CCCCC2)cc1. The summed E-state index contributed by atoms with van der Waals surface area (Å²) in [7, 11) is 0. The fraction of sp³-hybridized carbons (Fsp3) is 0.389. The molecule has 1 saturated carbocycles. The van der Waals surface area contributed by atoms with Gasteiger partial charge in [0.2, 0.25) is 5.91 Å². The number of carbonyl (C=O) groups is 1. The van der Waals surface area contributed by atoms with Crippen LogP contribution in [0.2, 0.25) is 0 Å². The summed E-state index contributed by atoms with van der Waals surface area (Å²) in [5, 5.41) is 3.55. The van der Waals surface area contributed by atoms with Gasteiger partial charge in [0.25, 0.3) is 0 Å². The van der Waals surface area contributed by atoms with Gasteiger partial charge in [0.05, 0.1) is 5.75 Å². The number of aromatic nitrogens is 2. The minimum atomic E-state index is -0.0344. The molecule has 4 nitrogen and oxygen atoms in total. The van der Waals surface area contributed by atoms with Gasteiger partial charge in [0.15, 0.2) is 5.16 Å². The topological polar surface area (TPSA) is 54.9 Å². The number of nitrogens with zero attached hydrogens (tertiary/aromatic N) is 2. The Balaban J connectivity index is 1.50. The highest BCUT2D eigenvalue weighted by Gasteiger charge is 2.15. The van der Waals surface area contributed by atoms with Crippen LogP contribution in [0.4, 0.5) is 5.69 Å². The van der Waals surface area contributed by atoms with Gasteiger partial charge in [-0.25, -0.2) is 9.97 Å². The highest BCUT2D eigenvalue weighted by atomic mass is 32.2. The summed E-state index contributed by atoms with van der Waals surface area (Å²) >= 11 is 1.34. The maximum Gasteiger partial charge on any atom is 0.234 e. The molecule has 0 saturated heterocycles. The Morgan fingerprint density at radius 3 is 2.48 bits per heavy atom. The molecule has 1 aliphatic carbocycles. The molecular weight excluding hydrogens is 306 g/mol. The third-order valence-electron chi connectivity index (χ3n) is 4.15. The first kappa shape index (κ1) is 16.0. The first-order chi connectivity index (χ1) is 11.3. The van der Waals surface area contributed by atoms with Crippen LogP contribution in [-0.4, -0.2) is 21.6 Å². The summed E-state index contributed by atoms with van der Waals surface area (Å²) in [5.74, 6) is 0.973. The van der Waals surface area contributed by atoms with E-state index in [0.29, 0.717) is 16.8 Å². The Morgan fingerprint density at radius 1 is 1.09 bits per heavy atom. The van der Waals surface area contributed by atoms with Gasteiger partial charge in [0, 0.05) is 18.1 Å². The second-order valence-corrected chi connectivity index (χ2v) is 6.77. The summed E-state index contributed by atoms with van der Waals surface area (Å²) in [6.45, 7) is 0. The van der Waals surface area contributed by atoms with Crippen LogP contribution in [0.3, 0.4) is 0 Å². The van der Waals surface area contributed by atoms with Gasteiger partial charge < -0.3 is 5.32 Å². The van der Waals surface area contributed by atoms with Gasteiger partial charge in [-0.15, -0.1) is 0 Å². The highest BCUT2D eigenvalue weighted by molar-refractivity contribution is 7.99. The fourth-order valence-electron chi connectivity index (χ4n) is 2.96. The standard InChI is InChI=1S/C18H21N3OS/c22-17(13-23-18-19-11-4-12-20-18)21-16-9-7-15(8-10-16)14-5-2-1-3-6-14/h4,7-12,14H,1-3,5-6,13H2,(H,21,22). The number of hydrogen-bond acceptors (Lipinski definition) is 4. The van der Waals surface area contributed by atoms with Gasteiger partial charge in [-0.05, 0) is 42.5 Å². The van der Waals surface area contributed by atoms with Gasteiger partial charge in [0.1, 0.15) is 0 Å². The van der Waals surface area contributed by atoms with Crippen molar-refractivity contribution in [2.75, 3.05) is 11.1 Å². The van der Waals surface area contributed by atoms with E-state index in [1.54, 1.807) is 18.5 Å². The summed E-state index contributed by atoms with van der Waals surface area (Å²) in [6, 6.07) is 10.1. The second kappa shape index (κ2) is 8.11. The Bertz CT molecular complexity index is 624. The molecule has 1 fully saturated rings. The second-order valence-electron chi connectivity index (χ2n) is 5.83. The lowest BCUT2D eigenvalue weighted by Gasteiger charge is -2.22. The maximum atomic E-state index is 12.0. The molecule has 3 rings (SSSR count). The Kier molecular flexibility index (Phi) is 5.64. The van der Waals surface area contributed by atoms with Crippen molar-refractivity contribution in [3.05, 3.63) is 48.3 Å². The van der Waals surface area contributed by atoms with Crippen LogP contribution >= 0.6 is 11.8 Å². The molecule has 120 valence electrons. The molecule has 23 heavy (non-hydrogen) atoms. The lowest BCUT2D eigenvalue weighted by Crippen LogP contribution is -2.14. The van der Waals surface area contributed by atoms with Crippen molar-refractivity contribution in [3.63, 3.8) is 0 Å². The van der Waals surface area contributed by atoms with Crippen molar-refractivity contribution in [2.45, 2.75) is 43.2 Å². The zero-order chi connectivity index (χ0) is 15.9. The third-order valence-corrected chi connectivity index (χ3v) is 5.02. The van der Waals surface area contributed by atoms with E-state index in [9.17, 15) is 4.79 Å². The average Bonchev–Trinajstić information content (AvgIpc) is 2.62. The van der Waals surface area contributed by atoms with E-state index in [4.69, 9.17) is 0 Å². The number of nitrogens with one attached hydrogen (secondary N) is 1. The molecule has 1 heterocycles. The summed E-state index contributed by atoms with van der Waals surface area (Å²) in [5.41, 5.74) is 2.25. The highest BCUT2D eigenvalue weighted by Crippen LogP contribution is 2.32. The molecule has 1 aromatic carbocycles. The summed E-state index contributed by atoms with van der Waals surface area (Å²) in [4.78, 5) is 20.2. The van der Waals surface area contributed by atoms with Gasteiger partial charge >= 0.3 is 0 Å². The molecule has 0 aliphatic heterocycles. The van der Waals surface area contributed by atoms with Crippen LogP contribution in [0.1, 0.15) is 43.6 Å². The molecule has 1 aromatic heterocycles. The van der Waals surface area contributed by atoms with Crippen molar-refractivity contribution < 1.29 is 4.79 Å². The molecule has 0 radical (unpaired) electrons. The Labute approximate surface area is 141 Å². The van der Waals surface area contributed by atoms with E-state index >= 15 is 0 Å². The minimum Gasteiger partial charge on any atom is -0.325 e. The molecule has 1 amide bonds. The van der Waals surface area contributed by atoms with E-state index in [0.717, 1.165) is 5.69 Å². The number of thioether (sulfide) groups is 1. The maximum absolute atomic E-state index is 12.0. The van der Waals surface area contributed by atoms with Crippen molar-refractivity contribution in [1.82, 2.24) is 9.97 Å². The molecular formula is C18H21N3OS. The molecule has 0 spiro atoms. The molecule has 1 aliphatic rings. The van der Waals surface area contributed by atoms with E-state index in [1.807, 2.05) is 12.1 Å². The van der Waals surface area contributed by atoms with Crippen LogP contribution in [0.15, 0.2) is 47.9 Å². The lowest BCUT2D eigenvalue weighted by atomic mass is 9.84. The average molecular weight is 327 g/mol. The predicted molar refractivity (Wildman–Crippen MR) is 93.7 cm³/mol. The first-order valence-electron chi connectivity index (χ1n) is 8.11. The van der Waals surface area contributed by atoms with Gasteiger partial charge in [-0.1, -0.05) is 43.2 Å². The van der Waals surface area contributed by atoms with E-state index in [2.05, 4.69) is 27.4 Å². The first-order valence-corrected chi connectivity index (χ1v) is 9.09. The smallest absolute Gasteiger partial charge is 0.234 e. The number of benzene rings is 1. The van der Waals surface area contributed by atoms with Crippen LogP contribution in [0.5, 0.6) is 0 Å². The number of hydrogen-bond donors (Lipinski definition) is 1. The Morgan fingerprint density at radius 2 is 1.78 bits per heavy atom. The zero-order valence-corrected chi connectivity index (χ0v) is 13.9. The number of amides is 1. The van der Waals surface area contributed by atoms with Gasteiger partial charge in [-0.2, -0.15) is 0 Å². The lowest BCUT2D eigenvalue weighted by molar-refractivity contribution is -0.113. The normalized spacial score (nSPS) is 15.3. The van der Waals surface area contributed by atoms with E-state index in [-0.39, 0.29) is 5.91 Å². The summed E-state index contributed by atoms with van der Waals surface area (Å²) in [6.07, 6.45) is 9.98. The van der Waals surface area contributed by atoms with Gasteiger partial charge in [-0.3, -0.25) is 4.79 Å². The van der Waals surface area contributed by atoms with Crippen molar-refractivity contribution in [1.29, 1.82) is 0 Å². The predicted octanol–water partition coefficient (Wildman–Crippen LogP) is 4.26. The largest absolute Gasteiger partial charge is 0.325 e. The van der Waals surface area contributed by atoms with Crippen molar-refractivity contribution in [2.24, 2.45) is 0 Å². The number of anilines is 1. The van der Waals surface area contributed by atoms with Crippen LogP contribution in [-0.2, 0) is 4.79 Å². The van der Waals surface area contributed by atoms with E-state index < -0.39 is 0 Å². The quantitative estimate of drug-likeness (QED) is 0.659. The van der Waals surface area contributed by atoms with Crippen molar-refractivity contribution in [3.8, 4) is 0 Å². The molecule has 2 aromatic rings.